The summed E-state index contributed by atoms with van der Waals surface area (Å²) in [5.41, 5.74) is 2.56. The van der Waals surface area contributed by atoms with Gasteiger partial charge in [0, 0.05) is 32.3 Å². The largest absolute Gasteiger partial charge is 0.349 e. The Labute approximate surface area is 127 Å². The van der Waals surface area contributed by atoms with Gasteiger partial charge in [0.1, 0.15) is 0 Å². The van der Waals surface area contributed by atoms with E-state index in [0.29, 0.717) is 11.3 Å². The van der Waals surface area contributed by atoms with Crippen molar-refractivity contribution in [1.29, 1.82) is 0 Å². The fraction of sp³-hybridized carbons (Fsp3) is 0.647. The van der Waals surface area contributed by atoms with Crippen molar-refractivity contribution in [3.05, 3.63) is 29.6 Å². The highest BCUT2D eigenvalue weighted by molar-refractivity contribution is 5.82. The fourth-order valence-electron chi connectivity index (χ4n) is 3.63. The van der Waals surface area contributed by atoms with Crippen LogP contribution in [0.25, 0.3) is 0 Å². The molecule has 114 valence electrons. The first kappa shape index (κ1) is 14.5. The molecule has 0 bridgehead atoms. The molecule has 1 atom stereocenters. The molecule has 4 heteroatoms. The number of carbonyl (C=O) groups is 1. The maximum Gasteiger partial charge on any atom is 0.225 e. The second-order valence-corrected chi connectivity index (χ2v) is 6.90. The summed E-state index contributed by atoms with van der Waals surface area (Å²) < 4.78 is 0. The van der Waals surface area contributed by atoms with Crippen molar-refractivity contribution in [3.63, 3.8) is 0 Å². The molecule has 1 aromatic rings. The van der Waals surface area contributed by atoms with Crippen LogP contribution in [-0.4, -0.2) is 47.9 Å². The van der Waals surface area contributed by atoms with E-state index in [0.717, 1.165) is 50.3 Å². The molecule has 3 rings (SSSR count). The maximum atomic E-state index is 12.1. The van der Waals surface area contributed by atoms with Crippen LogP contribution < -0.4 is 0 Å². The lowest BCUT2D eigenvalue weighted by Crippen LogP contribution is -2.36. The molecule has 1 saturated heterocycles. The van der Waals surface area contributed by atoms with Gasteiger partial charge in [0.05, 0.1) is 5.69 Å². The Morgan fingerprint density at radius 1 is 1.38 bits per heavy atom. The summed E-state index contributed by atoms with van der Waals surface area (Å²) in [6, 6.07) is 6.22. The van der Waals surface area contributed by atoms with Gasteiger partial charge in [-0.1, -0.05) is 6.07 Å². The normalized spacial score (nSPS) is 24.0. The minimum atomic E-state index is 0.284. The molecule has 1 aliphatic carbocycles. The van der Waals surface area contributed by atoms with E-state index >= 15 is 0 Å². The highest BCUT2D eigenvalue weighted by Gasteiger charge is 2.58. The molecule has 1 aliphatic heterocycles. The topological polar surface area (TPSA) is 36.4 Å². The zero-order valence-electron chi connectivity index (χ0n) is 13.3. The molecule has 4 nitrogen and oxygen atoms in total. The number of pyridine rings is 1. The van der Waals surface area contributed by atoms with Crippen molar-refractivity contribution < 1.29 is 4.79 Å². The fourth-order valence-corrected chi connectivity index (χ4v) is 3.63. The maximum absolute atomic E-state index is 12.1. The van der Waals surface area contributed by atoms with Crippen LogP contribution in [0.1, 0.15) is 30.7 Å². The van der Waals surface area contributed by atoms with Gasteiger partial charge >= 0.3 is 0 Å². The number of aryl methyl sites for hydroxylation is 1. The number of likely N-dealkylation sites (tertiary alicyclic amines) is 1. The average Bonchev–Trinajstić information content (AvgIpc) is 3.15. The Morgan fingerprint density at radius 2 is 2.10 bits per heavy atom. The van der Waals surface area contributed by atoms with E-state index in [9.17, 15) is 4.79 Å². The highest BCUT2D eigenvalue weighted by atomic mass is 16.2. The smallest absolute Gasteiger partial charge is 0.225 e. The number of amides is 1. The van der Waals surface area contributed by atoms with E-state index in [-0.39, 0.29) is 5.92 Å². The first-order valence-electron chi connectivity index (χ1n) is 7.86. The Morgan fingerprint density at radius 3 is 2.71 bits per heavy atom. The van der Waals surface area contributed by atoms with Gasteiger partial charge in [-0.2, -0.15) is 0 Å². The quantitative estimate of drug-likeness (QED) is 0.854. The molecule has 1 aromatic heterocycles. The second-order valence-electron chi connectivity index (χ2n) is 6.90. The van der Waals surface area contributed by atoms with Gasteiger partial charge in [0.2, 0.25) is 5.91 Å². The summed E-state index contributed by atoms with van der Waals surface area (Å²) in [6.45, 7) is 5.15. The number of nitrogens with zero attached hydrogens (tertiary/aromatic N) is 3. The third kappa shape index (κ3) is 2.95. The molecule has 0 radical (unpaired) electrons. The molecular weight excluding hydrogens is 262 g/mol. The Bertz CT molecular complexity index is 533. The van der Waals surface area contributed by atoms with Crippen molar-refractivity contribution in [2.45, 2.75) is 32.7 Å². The van der Waals surface area contributed by atoms with Gasteiger partial charge in [0.25, 0.3) is 0 Å². The van der Waals surface area contributed by atoms with Gasteiger partial charge < -0.3 is 4.90 Å². The first-order chi connectivity index (χ1) is 10.00. The summed E-state index contributed by atoms with van der Waals surface area (Å²) in [4.78, 5) is 20.9. The van der Waals surface area contributed by atoms with Gasteiger partial charge in [0.15, 0.2) is 0 Å². The summed E-state index contributed by atoms with van der Waals surface area (Å²) in [5, 5.41) is 0. The molecular formula is C17H25N3O. The number of aromatic nitrogens is 1. The number of piperidine rings is 1. The average molecular weight is 287 g/mol. The van der Waals surface area contributed by atoms with Gasteiger partial charge in [-0.15, -0.1) is 0 Å². The van der Waals surface area contributed by atoms with Crippen LogP contribution in [0.5, 0.6) is 0 Å². The Kier molecular flexibility index (Phi) is 3.74. The number of hydrogen-bond acceptors (Lipinski definition) is 3. The van der Waals surface area contributed by atoms with Gasteiger partial charge in [-0.3, -0.25) is 14.7 Å². The lowest BCUT2D eigenvalue weighted by atomic mass is 9.90. The molecule has 1 saturated carbocycles. The zero-order valence-corrected chi connectivity index (χ0v) is 13.3. The van der Waals surface area contributed by atoms with E-state index in [1.165, 1.54) is 0 Å². The van der Waals surface area contributed by atoms with Gasteiger partial charge in [-0.05, 0) is 56.8 Å². The summed E-state index contributed by atoms with van der Waals surface area (Å²) in [5.74, 6) is 0.607. The number of carbonyl (C=O) groups excluding carboxylic acids is 1. The second kappa shape index (κ2) is 5.41. The number of rotatable bonds is 3. The van der Waals surface area contributed by atoms with Crippen molar-refractivity contribution in [2.75, 3.05) is 27.2 Å². The van der Waals surface area contributed by atoms with Crippen molar-refractivity contribution in [2.24, 2.45) is 11.3 Å². The van der Waals surface area contributed by atoms with E-state index in [2.05, 4.69) is 22.0 Å². The third-order valence-electron chi connectivity index (χ3n) is 5.11. The molecule has 0 N–H and O–H groups in total. The van der Waals surface area contributed by atoms with Crippen LogP contribution in [0.4, 0.5) is 0 Å². The lowest BCUT2D eigenvalue weighted by molar-refractivity contribution is -0.131. The van der Waals surface area contributed by atoms with Crippen molar-refractivity contribution in [3.8, 4) is 0 Å². The zero-order chi connectivity index (χ0) is 15.0. The lowest BCUT2D eigenvalue weighted by Gasteiger charge is -2.32. The van der Waals surface area contributed by atoms with Crippen LogP contribution in [-0.2, 0) is 11.3 Å². The van der Waals surface area contributed by atoms with E-state index in [1.54, 1.807) is 4.90 Å². The highest BCUT2D eigenvalue weighted by Crippen LogP contribution is 2.59. The summed E-state index contributed by atoms with van der Waals surface area (Å²) >= 11 is 0. The first-order valence-corrected chi connectivity index (χ1v) is 7.86. The molecule has 2 aliphatic rings. The van der Waals surface area contributed by atoms with Gasteiger partial charge in [-0.25, -0.2) is 0 Å². The standard InChI is InChI=1S/C17H25N3O/c1-13-5-4-6-14(18-13)12-20-9-7-17(8-10-20)11-15(17)16(21)19(2)3/h4-6,15H,7-12H2,1-3H3/t15-/m1/s1. The predicted molar refractivity (Wildman–Crippen MR) is 82.7 cm³/mol. The molecule has 2 heterocycles. The minimum Gasteiger partial charge on any atom is -0.349 e. The van der Waals surface area contributed by atoms with Crippen LogP contribution >= 0.6 is 0 Å². The van der Waals surface area contributed by atoms with E-state index in [1.807, 2.05) is 27.1 Å². The van der Waals surface area contributed by atoms with E-state index < -0.39 is 0 Å². The van der Waals surface area contributed by atoms with Crippen LogP contribution in [0.15, 0.2) is 18.2 Å². The van der Waals surface area contributed by atoms with E-state index in [4.69, 9.17) is 0 Å². The molecule has 2 fully saturated rings. The third-order valence-corrected chi connectivity index (χ3v) is 5.11. The molecule has 0 unspecified atom stereocenters. The minimum absolute atomic E-state index is 0.284. The predicted octanol–water partition coefficient (Wildman–Crippen LogP) is 2.08. The van der Waals surface area contributed by atoms with Crippen LogP contribution in [0, 0.1) is 18.3 Å². The molecule has 0 aromatic carbocycles. The SMILES string of the molecule is Cc1cccc(CN2CCC3(CC2)C[C@@H]3C(=O)N(C)C)n1. The molecule has 1 amide bonds. The Hall–Kier alpha value is -1.42. The van der Waals surface area contributed by atoms with Crippen molar-refractivity contribution >= 4 is 5.91 Å². The molecule has 21 heavy (non-hydrogen) atoms. The molecule has 1 spiro atoms. The van der Waals surface area contributed by atoms with Crippen LogP contribution in [0.3, 0.4) is 0 Å². The number of hydrogen-bond donors (Lipinski definition) is 0. The van der Waals surface area contributed by atoms with Crippen LogP contribution in [0.2, 0.25) is 0 Å². The summed E-state index contributed by atoms with van der Waals surface area (Å²) in [6.07, 6.45) is 3.41. The Balaban J connectivity index is 1.54. The summed E-state index contributed by atoms with van der Waals surface area (Å²) in [7, 11) is 3.74. The van der Waals surface area contributed by atoms with Crippen molar-refractivity contribution in [1.82, 2.24) is 14.8 Å². The monoisotopic (exact) mass is 287 g/mol.